The first kappa shape index (κ1) is 10.9. The third-order valence-electron chi connectivity index (χ3n) is 1.86. The number of aromatic nitrogens is 3. The molecule has 0 aliphatic heterocycles. The average Bonchev–Trinajstić information content (AvgIpc) is 2.61. The molecule has 2 aromatic rings. The topological polar surface area (TPSA) is 30.7 Å². The van der Waals surface area contributed by atoms with Crippen molar-refractivity contribution in [3.05, 3.63) is 41.4 Å². The summed E-state index contributed by atoms with van der Waals surface area (Å²) in [6.07, 6.45) is -1.61. The lowest BCUT2D eigenvalue weighted by atomic mass is 10.4. The highest BCUT2D eigenvalue weighted by Crippen LogP contribution is 2.30. The summed E-state index contributed by atoms with van der Waals surface area (Å²) in [5, 5.41) is 3.28. The van der Waals surface area contributed by atoms with Crippen LogP contribution < -0.4 is 0 Å². The maximum atomic E-state index is 12.4. The maximum absolute atomic E-state index is 12.4. The molecule has 16 heavy (non-hydrogen) atoms. The van der Waals surface area contributed by atoms with E-state index >= 15 is 0 Å². The predicted molar refractivity (Wildman–Crippen MR) is 51.4 cm³/mol. The molecule has 0 unspecified atom stereocenters. The molecule has 0 radical (unpaired) electrons. The summed E-state index contributed by atoms with van der Waals surface area (Å²) < 4.78 is 38.1. The first-order valence-electron chi connectivity index (χ1n) is 4.21. The van der Waals surface area contributed by atoms with Gasteiger partial charge in [-0.15, -0.1) is 0 Å². The zero-order valence-corrected chi connectivity index (χ0v) is 8.50. The van der Waals surface area contributed by atoms with E-state index < -0.39 is 11.9 Å². The summed E-state index contributed by atoms with van der Waals surface area (Å²) in [5.74, 6) is 0. The Morgan fingerprint density at radius 2 is 1.81 bits per heavy atom. The van der Waals surface area contributed by atoms with E-state index in [-0.39, 0.29) is 5.15 Å². The van der Waals surface area contributed by atoms with Gasteiger partial charge in [0.1, 0.15) is 5.15 Å². The first-order valence-corrected chi connectivity index (χ1v) is 4.59. The van der Waals surface area contributed by atoms with E-state index in [2.05, 4.69) is 10.1 Å². The summed E-state index contributed by atoms with van der Waals surface area (Å²) >= 11 is 5.67. The predicted octanol–water partition coefficient (Wildman–Crippen LogP) is 2.94. The van der Waals surface area contributed by atoms with Crippen molar-refractivity contribution < 1.29 is 13.2 Å². The van der Waals surface area contributed by atoms with Gasteiger partial charge in [0.15, 0.2) is 5.69 Å². The summed E-state index contributed by atoms with van der Waals surface area (Å²) in [4.78, 5) is 3.75. The van der Waals surface area contributed by atoms with Crippen molar-refractivity contribution in [1.29, 1.82) is 0 Å². The molecule has 0 saturated heterocycles. The Labute approximate surface area is 93.5 Å². The summed E-state index contributed by atoms with van der Waals surface area (Å²) in [6, 6.07) is 3.81. The van der Waals surface area contributed by atoms with Gasteiger partial charge in [-0.05, 0) is 12.1 Å². The Morgan fingerprint density at radius 1 is 1.19 bits per heavy atom. The molecular formula is C9H5ClF3N3. The summed E-state index contributed by atoms with van der Waals surface area (Å²) in [7, 11) is 0. The monoisotopic (exact) mass is 247 g/mol. The molecule has 2 aromatic heterocycles. The van der Waals surface area contributed by atoms with Crippen LogP contribution in [0, 0.1) is 0 Å². The quantitative estimate of drug-likeness (QED) is 0.776. The van der Waals surface area contributed by atoms with Crippen LogP contribution in [0.3, 0.4) is 0 Å². The lowest BCUT2D eigenvalue weighted by molar-refractivity contribution is -0.141. The molecule has 0 saturated carbocycles. The zero-order chi connectivity index (χ0) is 11.8. The van der Waals surface area contributed by atoms with Crippen LogP contribution in [-0.2, 0) is 6.18 Å². The molecule has 0 atom stereocenters. The first-order chi connectivity index (χ1) is 7.48. The smallest absolute Gasteiger partial charge is 0.265 e. The molecule has 0 aliphatic rings. The molecule has 3 nitrogen and oxygen atoms in total. The summed E-state index contributed by atoms with van der Waals surface area (Å²) in [6.45, 7) is 0. The Kier molecular flexibility index (Phi) is 2.59. The molecule has 0 bridgehead atoms. The minimum Gasteiger partial charge on any atom is -0.265 e. The van der Waals surface area contributed by atoms with Crippen LogP contribution in [0.2, 0.25) is 5.15 Å². The molecule has 0 spiro atoms. The molecule has 84 valence electrons. The van der Waals surface area contributed by atoms with E-state index in [0.717, 1.165) is 10.7 Å². The number of rotatable bonds is 1. The van der Waals surface area contributed by atoms with Gasteiger partial charge in [0, 0.05) is 18.5 Å². The second kappa shape index (κ2) is 3.79. The van der Waals surface area contributed by atoms with E-state index in [4.69, 9.17) is 11.6 Å². The highest BCUT2D eigenvalue weighted by Gasteiger charge is 2.34. The van der Waals surface area contributed by atoms with Gasteiger partial charge in [0.25, 0.3) is 0 Å². The Bertz CT molecular complexity index is 492. The van der Waals surface area contributed by atoms with Crippen molar-refractivity contribution in [1.82, 2.24) is 14.8 Å². The van der Waals surface area contributed by atoms with E-state index in [9.17, 15) is 13.2 Å². The minimum atomic E-state index is -4.50. The second-order valence-electron chi connectivity index (χ2n) is 2.97. The van der Waals surface area contributed by atoms with Crippen molar-refractivity contribution in [2.45, 2.75) is 6.18 Å². The lowest BCUT2D eigenvalue weighted by Crippen LogP contribution is -2.07. The fourth-order valence-electron chi connectivity index (χ4n) is 1.16. The normalized spacial score (nSPS) is 11.8. The van der Waals surface area contributed by atoms with Gasteiger partial charge in [0.05, 0.1) is 5.69 Å². The van der Waals surface area contributed by atoms with Crippen LogP contribution in [0.4, 0.5) is 13.2 Å². The molecule has 0 amide bonds. The van der Waals surface area contributed by atoms with Crippen LogP contribution in [0.25, 0.3) is 5.69 Å². The third kappa shape index (κ3) is 2.01. The van der Waals surface area contributed by atoms with Gasteiger partial charge in [-0.1, -0.05) is 11.6 Å². The van der Waals surface area contributed by atoms with Gasteiger partial charge in [0.2, 0.25) is 0 Å². The van der Waals surface area contributed by atoms with Crippen molar-refractivity contribution in [3.8, 4) is 5.69 Å². The largest absolute Gasteiger partial charge is 0.435 e. The van der Waals surface area contributed by atoms with E-state index in [1.807, 2.05) is 0 Å². The standard InChI is InChI=1S/C9H5ClF3N3/c10-8-5-7(9(11,12)13)15-16(8)6-1-3-14-4-2-6/h1-5H. The SMILES string of the molecule is FC(F)(F)c1cc(Cl)n(-c2ccncc2)n1. The highest BCUT2D eigenvalue weighted by molar-refractivity contribution is 6.29. The van der Waals surface area contributed by atoms with Crippen LogP contribution >= 0.6 is 11.6 Å². The Balaban J connectivity index is 2.48. The number of hydrogen-bond acceptors (Lipinski definition) is 2. The van der Waals surface area contributed by atoms with Gasteiger partial charge in [-0.2, -0.15) is 18.3 Å². The van der Waals surface area contributed by atoms with Crippen LogP contribution in [0.15, 0.2) is 30.6 Å². The van der Waals surface area contributed by atoms with Gasteiger partial charge >= 0.3 is 6.18 Å². The fourth-order valence-corrected chi connectivity index (χ4v) is 1.40. The van der Waals surface area contributed by atoms with Crippen LogP contribution in [0.5, 0.6) is 0 Å². The summed E-state index contributed by atoms with van der Waals surface area (Å²) in [5.41, 5.74) is -0.593. The highest BCUT2D eigenvalue weighted by atomic mass is 35.5. The number of hydrogen-bond donors (Lipinski definition) is 0. The minimum absolute atomic E-state index is 0.0986. The van der Waals surface area contributed by atoms with E-state index in [0.29, 0.717) is 5.69 Å². The van der Waals surface area contributed by atoms with Crippen molar-refractivity contribution in [3.63, 3.8) is 0 Å². The molecule has 2 heterocycles. The molecule has 2 rings (SSSR count). The van der Waals surface area contributed by atoms with Gasteiger partial charge in [-0.25, -0.2) is 4.68 Å². The average molecular weight is 248 g/mol. The maximum Gasteiger partial charge on any atom is 0.435 e. The van der Waals surface area contributed by atoms with Crippen LogP contribution in [0.1, 0.15) is 5.69 Å². The molecular weight excluding hydrogens is 243 g/mol. The van der Waals surface area contributed by atoms with Crippen LogP contribution in [-0.4, -0.2) is 14.8 Å². The molecule has 0 N–H and O–H groups in total. The molecule has 7 heteroatoms. The Morgan fingerprint density at radius 3 is 2.31 bits per heavy atom. The van der Waals surface area contributed by atoms with E-state index in [1.165, 1.54) is 24.5 Å². The van der Waals surface area contributed by atoms with E-state index in [1.54, 1.807) is 0 Å². The molecule has 0 aromatic carbocycles. The zero-order valence-electron chi connectivity index (χ0n) is 7.74. The Hall–Kier alpha value is -1.56. The molecule has 0 fully saturated rings. The third-order valence-corrected chi connectivity index (χ3v) is 2.13. The second-order valence-corrected chi connectivity index (χ2v) is 3.35. The lowest BCUT2D eigenvalue weighted by Gasteiger charge is -2.02. The number of nitrogens with zero attached hydrogens (tertiary/aromatic N) is 3. The number of halogens is 4. The fraction of sp³-hybridized carbons (Fsp3) is 0.111. The van der Waals surface area contributed by atoms with Gasteiger partial charge < -0.3 is 0 Å². The van der Waals surface area contributed by atoms with Crippen molar-refractivity contribution in [2.24, 2.45) is 0 Å². The van der Waals surface area contributed by atoms with Crippen molar-refractivity contribution >= 4 is 11.6 Å². The van der Waals surface area contributed by atoms with Gasteiger partial charge in [-0.3, -0.25) is 4.98 Å². The number of alkyl halides is 3. The van der Waals surface area contributed by atoms with Crippen molar-refractivity contribution in [2.75, 3.05) is 0 Å². The number of pyridine rings is 1. The molecule has 0 aliphatic carbocycles.